The molecule has 1 aliphatic rings. The number of nitrogens with zero attached hydrogens (tertiary/aromatic N) is 3. The SMILES string of the molecule is CCOC(=O)N1CCN(S(=O)(=O)c2ccc(C(=O)Nc3nc4cc(OC)c(OC)cc4s3)cc2)CC1. The number of hydrogen-bond donors (Lipinski definition) is 1. The topological polar surface area (TPSA) is 127 Å². The molecule has 3 aromatic rings. The van der Waals surface area contributed by atoms with E-state index in [2.05, 4.69) is 10.3 Å². The van der Waals surface area contributed by atoms with Gasteiger partial charge in [-0.25, -0.2) is 18.2 Å². The Morgan fingerprint density at radius 1 is 1.03 bits per heavy atom. The number of fused-ring (bicyclic) bond motifs is 1. The van der Waals surface area contributed by atoms with Crippen LogP contribution >= 0.6 is 11.3 Å². The quantitative estimate of drug-likeness (QED) is 0.490. The molecule has 0 aliphatic carbocycles. The molecule has 0 unspecified atom stereocenters. The number of benzene rings is 2. The fourth-order valence-electron chi connectivity index (χ4n) is 3.73. The Bertz CT molecular complexity index is 1320. The van der Waals surface area contributed by atoms with Gasteiger partial charge < -0.3 is 19.1 Å². The molecule has 1 aromatic heterocycles. The number of methoxy groups -OCH3 is 2. The van der Waals surface area contributed by atoms with Gasteiger partial charge in [0.1, 0.15) is 0 Å². The van der Waals surface area contributed by atoms with Gasteiger partial charge >= 0.3 is 6.09 Å². The summed E-state index contributed by atoms with van der Waals surface area (Å²) >= 11 is 1.28. The van der Waals surface area contributed by atoms with E-state index in [1.807, 2.05) is 0 Å². The highest BCUT2D eigenvalue weighted by atomic mass is 32.2. The molecule has 2 amide bonds. The van der Waals surface area contributed by atoms with Crippen molar-refractivity contribution in [2.75, 3.05) is 52.3 Å². The summed E-state index contributed by atoms with van der Waals surface area (Å²) in [6.07, 6.45) is -0.448. The number of thiazole rings is 1. The number of carbonyl (C=O) groups excluding carboxylic acids is 2. The summed E-state index contributed by atoms with van der Waals surface area (Å²) in [5.41, 5.74) is 0.938. The van der Waals surface area contributed by atoms with E-state index in [9.17, 15) is 18.0 Å². The molecule has 0 radical (unpaired) electrons. The number of hydrogen-bond acceptors (Lipinski definition) is 9. The van der Waals surface area contributed by atoms with Gasteiger partial charge in [-0.3, -0.25) is 10.1 Å². The average Bonchev–Trinajstić information content (AvgIpc) is 3.29. The highest BCUT2D eigenvalue weighted by Crippen LogP contribution is 2.36. The van der Waals surface area contributed by atoms with Crippen LogP contribution in [-0.4, -0.2) is 81.6 Å². The maximum atomic E-state index is 13.0. The van der Waals surface area contributed by atoms with Gasteiger partial charge in [-0.1, -0.05) is 11.3 Å². The number of anilines is 1. The molecular weight excluding hydrogens is 508 g/mol. The zero-order valence-corrected chi connectivity index (χ0v) is 21.6. The van der Waals surface area contributed by atoms with E-state index in [-0.39, 0.29) is 43.2 Å². The van der Waals surface area contributed by atoms with Gasteiger partial charge in [0.15, 0.2) is 16.6 Å². The highest BCUT2D eigenvalue weighted by Gasteiger charge is 2.30. The van der Waals surface area contributed by atoms with E-state index >= 15 is 0 Å². The number of carbonyl (C=O) groups is 2. The Morgan fingerprint density at radius 2 is 1.67 bits per heavy atom. The first-order valence-electron chi connectivity index (χ1n) is 11.1. The van der Waals surface area contributed by atoms with Crippen molar-refractivity contribution in [1.29, 1.82) is 0 Å². The van der Waals surface area contributed by atoms with Crippen molar-refractivity contribution in [3.8, 4) is 11.5 Å². The summed E-state index contributed by atoms with van der Waals surface area (Å²) < 4.78 is 43.7. The Balaban J connectivity index is 1.43. The van der Waals surface area contributed by atoms with Crippen molar-refractivity contribution in [2.45, 2.75) is 11.8 Å². The Kier molecular flexibility index (Phi) is 7.62. The normalized spacial score (nSPS) is 14.5. The molecular formula is C23H26N4O7S2. The summed E-state index contributed by atoms with van der Waals surface area (Å²) in [6.45, 7) is 2.81. The minimum atomic E-state index is -3.77. The summed E-state index contributed by atoms with van der Waals surface area (Å²) in [5, 5.41) is 3.14. The third-order valence-electron chi connectivity index (χ3n) is 5.63. The van der Waals surface area contributed by atoms with Crippen LogP contribution in [0.5, 0.6) is 11.5 Å². The van der Waals surface area contributed by atoms with Gasteiger partial charge in [-0.2, -0.15) is 4.31 Å². The van der Waals surface area contributed by atoms with Crippen LogP contribution in [0.1, 0.15) is 17.3 Å². The lowest BCUT2D eigenvalue weighted by atomic mass is 10.2. The van der Waals surface area contributed by atoms with Crippen LogP contribution in [-0.2, 0) is 14.8 Å². The Morgan fingerprint density at radius 3 is 2.28 bits per heavy atom. The molecule has 0 spiro atoms. The predicted octanol–water partition coefficient (Wildman–Crippen LogP) is 3.03. The monoisotopic (exact) mass is 534 g/mol. The van der Waals surface area contributed by atoms with Crippen molar-refractivity contribution in [2.24, 2.45) is 0 Å². The summed E-state index contributed by atoms with van der Waals surface area (Å²) in [5.74, 6) is 0.679. The molecule has 0 atom stereocenters. The van der Waals surface area contributed by atoms with E-state index in [0.29, 0.717) is 22.1 Å². The fraction of sp³-hybridized carbons (Fsp3) is 0.348. The van der Waals surface area contributed by atoms with E-state index < -0.39 is 22.0 Å². The van der Waals surface area contributed by atoms with Crippen molar-refractivity contribution in [1.82, 2.24) is 14.2 Å². The molecule has 13 heteroatoms. The minimum Gasteiger partial charge on any atom is -0.493 e. The van der Waals surface area contributed by atoms with Crippen LogP contribution in [0.3, 0.4) is 0 Å². The lowest BCUT2D eigenvalue weighted by Crippen LogP contribution is -2.50. The maximum Gasteiger partial charge on any atom is 0.409 e. The van der Waals surface area contributed by atoms with Crippen molar-refractivity contribution >= 4 is 48.7 Å². The zero-order valence-electron chi connectivity index (χ0n) is 20.0. The van der Waals surface area contributed by atoms with E-state index in [1.54, 1.807) is 26.2 Å². The number of piperazine rings is 1. The zero-order chi connectivity index (χ0) is 25.9. The third kappa shape index (κ3) is 5.22. The number of sulfonamides is 1. The molecule has 2 aromatic carbocycles. The van der Waals surface area contributed by atoms with Gasteiger partial charge in [0.05, 0.1) is 35.9 Å². The third-order valence-corrected chi connectivity index (χ3v) is 8.48. The largest absolute Gasteiger partial charge is 0.493 e. The molecule has 1 saturated heterocycles. The van der Waals surface area contributed by atoms with Crippen LogP contribution in [0.4, 0.5) is 9.93 Å². The highest BCUT2D eigenvalue weighted by molar-refractivity contribution is 7.89. The molecule has 11 nitrogen and oxygen atoms in total. The van der Waals surface area contributed by atoms with Crippen LogP contribution in [0.25, 0.3) is 10.2 Å². The molecule has 1 aliphatic heterocycles. The van der Waals surface area contributed by atoms with Gasteiger partial charge in [0.2, 0.25) is 10.0 Å². The molecule has 0 saturated carbocycles. The molecule has 36 heavy (non-hydrogen) atoms. The van der Waals surface area contributed by atoms with Gasteiger partial charge in [-0.05, 0) is 31.2 Å². The number of aromatic nitrogens is 1. The summed E-state index contributed by atoms with van der Waals surface area (Å²) in [7, 11) is -0.690. The first kappa shape index (κ1) is 25.7. The summed E-state index contributed by atoms with van der Waals surface area (Å²) in [4.78, 5) is 30.6. The van der Waals surface area contributed by atoms with Crippen molar-refractivity contribution in [3.05, 3.63) is 42.0 Å². The minimum absolute atomic E-state index is 0.0720. The molecule has 1 N–H and O–H groups in total. The Labute approximate surface area is 212 Å². The molecule has 1 fully saturated rings. The standard InChI is InChI=1S/C23H26N4O7S2/c1-4-34-23(29)26-9-11-27(12-10-26)36(30,31)16-7-5-15(6-8-16)21(28)25-22-24-17-13-18(32-2)19(33-3)14-20(17)35-22/h5-8,13-14H,4,9-12H2,1-3H3,(H,24,25,28). The second-order valence-corrected chi connectivity index (χ2v) is 10.7. The number of amides is 2. The first-order valence-corrected chi connectivity index (χ1v) is 13.4. The van der Waals surface area contributed by atoms with Crippen LogP contribution < -0.4 is 14.8 Å². The Hall–Kier alpha value is -3.42. The lowest BCUT2D eigenvalue weighted by molar-refractivity contribution is 0.0933. The number of ether oxygens (including phenoxy) is 3. The molecule has 0 bridgehead atoms. The first-order chi connectivity index (χ1) is 17.3. The fourth-order valence-corrected chi connectivity index (χ4v) is 6.02. The number of rotatable bonds is 7. The lowest BCUT2D eigenvalue weighted by Gasteiger charge is -2.33. The van der Waals surface area contributed by atoms with Gasteiger partial charge in [0, 0.05) is 43.9 Å². The molecule has 4 rings (SSSR count). The second-order valence-electron chi connectivity index (χ2n) is 7.76. The number of nitrogens with one attached hydrogen (secondary N) is 1. The van der Waals surface area contributed by atoms with E-state index in [4.69, 9.17) is 14.2 Å². The molecule has 192 valence electrons. The van der Waals surface area contributed by atoms with E-state index in [0.717, 1.165) is 4.70 Å². The van der Waals surface area contributed by atoms with Gasteiger partial charge in [0.25, 0.3) is 5.91 Å². The van der Waals surface area contributed by atoms with Crippen molar-refractivity contribution < 1.29 is 32.2 Å². The average molecular weight is 535 g/mol. The van der Waals surface area contributed by atoms with Crippen LogP contribution in [0, 0.1) is 0 Å². The smallest absolute Gasteiger partial charge is 0.409 e. The predicted molar refractivity (Wildman–Crippen MR) is 134 cm³/mol. The van der Waals surface area contributed by atoms with Crippen LogP contribution in [0.2, 0.25) is 0 Å². The van der Waals surface area contributed by atoms with Crippen LogP contribution in [0.15, 0.2) is 41.3 Å². The van der Waals surface area contributed by atoms with Crippen molar-refractivity contribution in [3.63, 3.8) is 0 Å². The molecule has 2 heterocycles. The van der Waals surface area contributed by atoms with Gasteiger partial charge in [-0.15, -0.1) is 0 Å². The second kappa shape index (κ2) is 10.7. The summed E-state index contributed by atoms with van der Waals surface area (Å²) in [6, 6.07) is 9.22. The maximum absolute atomic E-state index is 13.0. The van der Waals surface area contributed by atoms with E-state index in [1.165, 1.54) is 51.9 Å².